The number of hydrogen-bond donors (Lipinski definition) is 1. The molecule has 2 aromatic heterocycles. The molecule has 11 nitrogen and oxygen atoms in total. The van der Waals surface area contributed by atoms with Crippen LogP contribution in [0.25, 0.3) is 11.8 Å². The van der Waals surface area contributed by atoms with Crippen molar-refractivity contribution in [3.05, 3.63) is 62.5 Å². The molecule has 1 amide bonds. The van der Waals surface area contributed by atoms with E-state index in [1.807, 2.05) is 24.5 Å². The zero-order valence-electron chi connectivity index (χ0n) is 18.0. The van der Waals surface area contributed by atoms with E-state index in [-0.39, 0.29) is 16.4 Å². The molecule has 0 fully saturated rings. The quantitative estimate of drug-likeness (QED) is 0.241. The van der Waals surface area contributed by atoms with Gasteiger partial charge in [-0.2, -0.15) is 14.6 Å². The molecular weight excluding hydrogens is 468 g/mol. The Labute approximate surface area is 193 Å². The molecule has 0 aliphatic heterocycles. The Morgan fingerprint density at radius 3 is 2.58 bits per heavy atom. The second-order valence-electron chi connectivity index (χ2n) is 7.17. The number of nitrogens with one attached hydrogen (secondary N) is 1. The van der Waals surface area contributed by atoms with Gasteiger partial charge in [-0.1, -0.05) is 6.07 Å². The van der Waals surface area contributed by atoms with Crippen LogP contribution >= 0.6 is 11.5 Å². The third kappa shape index (κ3) is 4.97. The summed E-state index contributed by atoms with van der Waals surface area (Å²) in [5, 5.41) is 22.6. The van der Waals surface area contributed by atoms with Gasteiger partial charge in [0.2, 0.25) is 15.0 Å². The summed E-state index contributed by atoms with van der Waals surface area (Å²) in [6.07, 6.45) is 2.33. The number of aryl methyl sites for hydroxylation is 2. The first-order valence-corrected chi connectivity index (χ1v) is 12.0. The highest BCUT2D eigenvalue weighted by atomic mass is 32.2. The first-order valence-electron chi connectivity index (χ1n) is 9.33. The van der Waals surface area contributed by atoms with Gasteiger partial charge < -0.3 is 4.57 Å². The number of nitriles is 1. The minimum Gasteiger partial charge on any atom is -0.317 e. The number of anilines is 1. The normalized spacial score (nSPS) is 11.8. The van der Waals surface area contributed by atoms with E-state index in [0.29, 0.717) is 28.5 Å². The van der Waals surface area contributed by atoms with Crippen LogP contribution in [0.2, 0.25) is 0 Å². The number of carbonyl (C=O) groups excluding carboxylic acids is 1. The third-order valence-corrected chi connectivity index (χ3v) is 6.33. The van der Waals surface area contributed by atoms with Crippen LogP contribution in [0.1, 0.15) is 22.5 Å². The van der Waals surface area contributed by atoms with Crippen LogP contribution in [0.4, 0.5) is 10.8 Å². The number of sulfone groups is 1. The Morgan fingerprint density at radius 2 is 2.00 bits per heavy atom. The van der Waals surface area contributed by atoms with Crippen LogP contribution in [-0.2, 0) is 14.6 Å². The number of rotatable bonds is 6. The van der Waals surface area contributed by atoms with Crippen molar-refractivity contribution >= 4 is 44.2 Å². The van der Waals surface area contributed by atoms with Crippen molar-refractivity contribution in [3.63, 3.8) is 0 Å². The summed E-state index contributed by atoms with van der Waals surface area (Å²) in [6, 6.07) is 8.13. The number of nitro benzene ring substituents is 1. The summed E-state index contributed by atoms with van der Waals surface area (Å²) < 4.78 is 28.5. The van der Waals surface area contributed by atoms with Gasteiger partial charge in [-0.25, -0.2) is 8.42 Å². The highest BCUT2D eigenvalue weighted by Crippen LogP contribution is 2.28. The van der Waals surface area contributed by atoms with Gasteiger partial charge in [0, 0.05) is 41.3 Å². The van der Waals surface area contributed by atoms with Crippen LogP contribution < -0.4 is 5.32 Å². The van der Waals surface area contributed by atoms with Crippen molar-refractivity contribution in [2.45, 2.75) is 25.9 Å². The predicted molar refractivity (Wildman–Crippen MR) is 122 cm³/mol. The molecule has 0 unspecified atom stereocenters. The average Bonchev–Trinajstić information content (AvgIpc) is 3.31. The van der Waals surface area contributed by atoms with E-state index in [4.69, 9.17) is 0 Å². The van der Waals surface area contributed by atoms with E-state index in [1.54, 1.807) is 19.1 Å². The molecule has 0 bridgehead atoms. The largest absolute Gasteiger partial charge is 0.317 e. The average molecular weight is 487 g/mol. The molecule has 0 saturated heterocycles. The second kappa shape index (κ2) is 8.93. The van der Waals surface area contributed by atoms with Gasteiger partial charge in [-0.15, -0.1) is 0 Å². The van der Waals surface area contributed by atoms with E-state index in [0.717, 1.165) is 17.5 Å². The molecule has 33 heavy (non-hydrogen) atoms. The first-order chi connectivity index (χ1) is 15.4. The summed E-state index contributed by atoms with van der Waals surface area (Å²) in [6.45, 7) is 5.41. The smallest absolute Gasteiger partial charge is 0.271 e. The number of amides is 1. The molecule has 0 aliphatic carbocycles. The Hall–Kier alpha value is -3.89. The van der Waals surface area contributed by atoms with Crippen molar-refractivity contribution in [2.24, 2.45) is 0 Å². The van der Waals surface area contributed by atoms with Gasteiger partial charge >= 0.3 is 0 Å². The number of non-ortho nitro benzene ring substituents is 1. The van der Waals surface area contributed by atoms with Crippen molar-refractivity contribution in [2.75, 3.05) is 11.6 Å². The first kappa shape index (κ1) is 23.8. The standard InChI is InChI=1S/C20H18N6O5S2/c1-11-5-6-16(26(28)29)9-17(11)25-12(2)7-14(13(25)3)8-15(10-21)18(27)22-19-23-20(24-32-19)33(4,30)31/h5-9H,1-4H3,(H,22,23,24,27)/b15-8-. The van der Waals surface area contributed by atoms with Crippen LogP contribution in [0.15, 0.2) is 35.0 Å². The number of aromatic nitrogens is 3. The summed E-state index contributed by atoms with van der Waals surface area (Å²) in [5.74, 6) is -0.773. The Bertz CT molecular complexity index is 1460. The van der Waals surface area contributed by atoms with Crippen molar-refractivity contribution < 1.29 is 18.1 Å². The molecule has 0 radical (unpaired) electrons. The predicted octanol–water partition coefficient (Wildman–Crippen LogP) is 3.11. The fraction of sp³-hybridized carbons (Fsp3) is 0.200. The topological polar surface area (TPSA) is 161 Å². The maximum atomic E-state index is 12.6. The molecule has 2 heterocycles. The molecule has 3 rings (SSSR count). The Balaban J connectivity index is 1.97. The van der Waals surface area contributed by atoms with E-state index >= 15 is 0 Å². The lowest BCUT2D eigenvalue weighted by atomic mass is 10.1. The van der Waals surface area contributed by atoms with Crippen molar-refractivity contribution in [1.82, 2.24) is 13.9 Å². The molecule has 0 saturated carbocycles. The molecule has 170 valence electrons. The molecule has 3 aromatic rings. The molecule has 1 aromatic carbocycles. The fourth-order valence-corrected chi connectivity index (χ4v) is 4.58. The molecule has 1 N–H and O–H groups in total. The van der Waals surface area contributed by atoms with Crippen LogP contribution in [0, 0.1) is 42.2 Å². The maximum Gasteiger partial charge on any atom is 0.271 e. The lowest BCUT2D eigenvalue weighted by molar-refractivity contribution is -0.384. The molecule has 13 heteroatoms. The van der Waals surface area contributed by atoms with E-state index < -0.39 is 25.8 Å². The van der Waals surface area contributed by atoms with Gasteiger partial charge in [0.25, 0.3) is 16.8 Å². The number of hydrogen-bond acceptors (Lipinski definition) is 9. The van der Waals surface area contributed by atoms with E-state index in [9.17, 15) is 28.6 Å². The maximum absolute atomic E-state index is 12.6. The lowest BCUT2D eigenvalue weighted by Gasteiger charge is -2.12. The van der Waals surface area contributed by atoms with E-state index in [2.05, 4.69) is 14.7 Å². The van der Waals surface area contributed by atoms with Gasteiger partial charge in [-0.3, -0.25) is 20.2 Å². The van der Waals surface area contributed by atoms with Crippen LogP contribution in [0.3, 0.4) is 0 Å². The van der Waals surface area contributed by atoms with Gasteiger partial charge in [0.15, 0.2) is 0 Å². The van der Waals surface area contributed by atoms with Crippen LogP contribution in [-0.4, -0.2) is 39.4 Å². The lowest BCUT2D eigenvalue weighted by Crippen LogP contribution is -2.13. The second-order valence-corrected chi connectivity index (χ2v) is 9.83. The number of nitrogens with zero attached hydrogens (tertiary/aromatic N) is 5. The fourth-order valence-electron chi connectivity index (χ4n) is 3.14. The molecule has 0 aliphatic rings. The van der Waals surface area contributed by atoms with Gasteiger partial charge in [0.05, 0.1) is 10.6 Å². The van der Waals surface area contributed by atoms with Crippen LogP contribution in [0.5, 0.6) is 0 Å². The summed E-state index contributed by atoms with van der Waals surface area (Å²) in [5.41, 5.74) is 3.14. The SMILES string of the molecule is Cc1ccc([N+](=O)[O-])cc1-n1c(C)cc(/C=C(/C#N)C(=O)Nc2nc(S(C)(=O)=O)ns2)c1C. The van der Waals surface area contributed by atoms with Crippen molar-refractivity contribution in [3.8, 4) is 11.8 Å². The van der Waals surface area contributed by atoms with Crippen molar-refractivity contribution in [1.29, 1.82) is 5.26 Å². The number of benzene rings is 1. The summed E-state index contributed by atoms with van der Waals surface area (Å²) in [7, 11) is -3.63. The minimum absolute atomic E-state index is 0.0530. The number of nitro groups is 1. The Morgan fingerprint density at radius 1 is 1.30 bits per heavy atom. The monoisotopic (exact) mass is 486 g/mol. The van der Waals surface area contributed by atoms with E-state index in [1.165, 1.54) is 18.2 Å². The summed E-state index contributed by atoms with van der Waals surface area (Å²) >= 11 is 0.683. The Kier molecular flexibility index (Phi) is 6.43. The summed E-state index contributed by atoms with van der Waals surface area (Å²) in [4.78, 5) is 27.0. The van der Waals surface area contributed by atoms with Gasteiger partial charge in [0.1, 0.15) is 11.6 Å². The zero-order chi connectivity index (χ0) is 24.5. The molecule has 0 atom stereocenters. The third-order valence-electron chi connectivity index (χ3n) is 4.74. The molecular formula is C20H18N6O5S2. The highest BCUT2D eigenvalue weighted by molar-refractivity contribution is 7.90. The highest BCUT2D eigenvalue weighted by Gasteiger charge is 2.19. The molecule has 0 spiro atoms. The van der Waals surface area contributed by atoms with Gasteiger partial charge in [-0.05, 0) is 44.0 Å². The zero-order valence-corrected chi connectivity index (χ0v) is 19.6. The minimum atomic E-state index is -3.63. The number of carbonyl (C=O) groups is 1.